The predicted molar refractivity (Wildman–Crippen MR) is 132 cm³/mol. The topological polar surface area (TPSA) is 119 Å². The highest BCUT2D eigenvalue weighted by atomic mass is 32.2. The van der Waals surface area contributed by atoms with E-state index in [0.29, 0.717) is 32.5 Å². The lowest BCUT2D eigenvalue weighted by Crippen LogP contribution is -2.29. The number of non-ortho nitro benzene ring substituents is 1. The summed E-state index contributed by atoms with van der Waals surface area (Å²) in [5.41, 5.74) is 2.32. The van der Waals surface area contributed by atoms with Gasteiger partial charge in [-0.25, -0.2) is 4.68 Å². The van der Waals surface area contributed by atoms with Crippen molar-refractivity contribution in [3.05, 3.63) is 81.4 Å². The Morgan fingerprint density at radius 1 is 1.21 bits per heavy atom. The van der Waals surface area contributed by atoms with E-state index < -0.39 is 10.9 Å². The molecule has 1 amide bonds. The summed E-state index contributed by atoms with van der Waals surface area (Å²) >= 11 is 6.46. The van der Waals surface area contributed by atoms with E-state index in [1.165, 1.54) is 17.0 Å². The number of carboxylic acids is 1. The zero-order chi connectivity index (χ0) is 24.2. The van der Waals surface area contributed by atoms with Gasteiger partial charge in [-0.05, 0) is 24.6 Å². The van der Waals surface area contributed by atoms with Crippen molar-refractivity contribution in [2.45, 2.75) is 12.8 Å². The number of hydrogen-bond acceptors (Lipinski definition) is 7. The first-order valence-electron chi connectivity index (χ1n) is 10.2. The highest BCUT2D eigenvalue weighted by molar-refractivity contribution is 8.26. The summed E-state index contributed by atoms with van der Waals surface area (Å²) in [5, 5.41) is 24.8. The molecule has 1 saturated heterocycles. The molecule has 34 heavy (non-hydrogen) atoms. The van der Waals surface area contributed by atoms with E-state index in [1.54, 1.807) is 29.1 Å². The molecule has 0 atom stereocenters. The average Bonchev–Trinajstić information content (AvgIpc) is 3.36. The van der Waals surface area contributed by atoms with Crippen LogP contribution in [0, 0.1) is 10.1 Å². The summed E-state index contributed by atoms with van der Waals surface area (Å²) in [6.07, 6.45) is 3.65. The molecule has 0 bridgehead atoms. The maximum absolute atomic E-state index is 12.9. The van der Waals surface area contributed by atoms with Crippen LogP contribution in [-0.2, 0) is 9.59 Å². The number of nitro groups is 1. The van der Waals surface area contributed by atoms with E-state index in [1.807, 2.05) is 30.3 Å². The van der Waals surface area contributed by atoms with Gasteiger partial charge in [0.25, 0.3) is 11.6 Å². The largest absolute Gasteiger partial charge is 0.481 e. The zero-order valence-electron chi connectivity index (χ0n) is 17.7. The van der Waals surface area contributed by atoms with E-state index in [0.717, 1.165) is 17.4 Å². The number of carboxylic acid groups (broad SMARTS) is 1. The quantitative estimate of drug-likeness (QED) is 0.210. The standard InChI is InChI=1S/C23H18N4O5S2/c28-20(29)10-5-11-25-22(30)19(34-23(25)33)13-16-14-26(17-7-2-1-3-8-17)24-21(16)15-6-4-9-18(12-15)27(31)32/h1-4,6-9,12-14H,5,10-11H2,(H,28,29)/b19-13+. The SMILES string of the molecule is O=C(O)CCCN1C(=O)/C(=C\c2cn(-c3ccccc3)nc2-c2cccc([N+](=O)[O-])c2)SC1=S. The average molecular weight is 495 g/mol. The first-order valence-corrected chi connectivity index (χ1v) is 11.4. The van der Waals surface area contributed by atoms with Crippen LogP contribution in [0.15, 0.2) is 65.7 Å². The van der Waals surface area contributed by atoms with Crippen molar-refractivity contribution in [1.29, 1.82) is 0 Å². The summed E-state index contributed by atoms with van der Waals surface area (Å²) in [4.78, 5) is 36.3. The number of carbonyl (C=O) groups is 2. The van der Waals surface area contributed by atoms with Gasteiger partial charge < -0.3 is 5.11 Å². The van der Waals surface area contributed by atoms with Crippen LogP contribution in [0.5, 0.6) is 0 Å². The summed E-state index contributed by atoms with van der Waals surface area (Å²) < 4.78 is 2.00. The van der Waals surface area contributed by atoms with Gasteiger partial charge >= 0.3 is 5.97 Å². The molecule has 11 heteroatoms. The Morgan fingerprint density at radius 3 is 2.68 bits per heavy atom. The van der Waals surface area contributed by atoms with Crippen LogP contribution in [0.2, 0.25) is 0 Å². The van der Waals surface area contributed by atoms with Gasteiger partial charge in [-0.2, -0.15) is 5.10 Å². The molecular formula is C23H18N4O5S2. The van der Waals surface area contributed by atoms with Gasteiger partial charge in [0.05, 0.1) is 15.5 Å². The maximum Gasteiger partial charge on any atom is 0.303 e. The first-order chi connectivity index (χ1) is 16.3. The Hall–Kier alpha value is -3.83. The van der Waals surface area contributed by atoms with Crippen molar-refractivity contribution in [3.8, 4) is 16.9 Å². The van der Waals surface area contributed by atoms with E-state index >= 15 is 0 Å². The molecule has 3 aromatic rings. The minimum Gasteiger partial charge on any atom is -0.481 e. The third-order valence-electron chi connectivity index (χ3n) is 5.03. The number of amides is 1. The van der Waals surface area contributed by atoms with Crippen LogP contribution < -0.4 is 0 Å². The second-order valence-corrected chi connectivity index (χ2v) is 9.03. The summed E-state index contributed by atoms with van der Waals surface area (Å²) in [6.45, 7) is 0.218. The Bertz CT molecular complexity index is 1320. The molecule has 172 valence electrons. The molecule has 0 unspecified atom stereocenters. The molecular weight excluding hydrogens is 476 g/mol. The molecule has 0 radical (unpaired) electrons. The number of rotatable bonds is 8. The van der Waals surface area contributed by atoms with Crippen LogP contribution in [0.4, 0.5) is 5.69 Å². The second kappa shape index (κ2) is 9.98. The van der Waals surface area contributed by atoms with E-state index in [4.69, 9.17) is 17.3 Å². The number of thiocarbonyl (C=S) groups is 1. The minimum absolute atomic E-state index is 0.0586. The molecule has 1 aromatic heterocycles. The lowest BCUT2D eigenvalue weighted by molar-refractivity contribution is -0.384. The zero-order valence-corrected chi connectivity index (χ0v) is 19.3. The maximum atomic E-state index is 12.9. The smallest absolute Gasteiger partial charge is 0.303 e. The number of benzene rings is 2. The van der Waals surface area contributed by atoms with Gasteiger partial charge in [-0.15, -0.1) is 0 Å². The number of aliphatic carboxylic acids is 1. The molecule has 9 nitrogen and oxygen atoms in total. The van der Waals surface area contributed by atoms with Crippen molar-refractivity contribution in [2.75, 3.05) is 6.54 Å². The lowest BCUT2D eigenvalue weighted by atomic mass is 10.1. The highest BCUT2D eigenvalue weighted by Gasteiger charge is 2.32. The van der Waals surface area contributed by atoms with Gasteiger partial charge in [0.1, 0.15) is 10.0 Å². The van der Waals surface area contributed by atoms with Crippen LogP contribution in [0.1, 0.15) is 18.4 Å². The third kappa shape index (κ3) is 5.05. The number of carbonyl (C=O) groups excluding carboxylic acids is 1. The van der Waals surface area contributed by atoms with Gasteiger partial charge in [-0.3, -0.25) is 24.6 Å². The number of hydrogen-bond donors (Lipinski definition) is 1. The van der Waals surface area contributed by atoms with Crippen molar-refractivity contribution in [3.63, 3.8) is 0 Å². The molecule has 1 aliphatic heterocycles. The van der Waals surface area contributed by atoms with E-state index in [9.17, 15) is 19.7 Å². The fourth-order valence-electron chi connectivity index (χ4n) is 3.42. The monoisotopic (exact) mass is 494 g/mol. The Labute approximate surface area is 203 Å². The van der Waals surface area contributed by atoms with Gasteiger partial charge in [0.2, 0.25) is 0 Å². The van der Waals surface area contributed by atoms with Crippen LogP contribution in [-0.4, -0.2) is 47.5 Å². The van der Waals surface area contributed by atoms with Crippen LogP contribution in [0.3, 0.4) is 0 Å². The normalized spacial score (nSPS) is 14.7. The van der Waals surface area contributed by atoms with Gasteiger partial charge in [0, 0.05) is 42.4 Å². The first kappa shape index (κ1) is 23.3. The molecule has 1 fully saturated rings. The molecule has 2 heterocycles. The Kier molecular flexibility index (Phi) is 6.85. The molecule has 4 rings (SSSR count). The van der Waals surface area contributed by atoms with E-state index in [2.05, 4.69) is 5.10 Å². The van der Waals surface area contributed by atoms with Crippen molar-refractivity contribution in [2.24, 2.45) is 0 Å². The molecule has 0 saturated carbocycles. The summed E-state index contributed by atoms with van der Waals surface area (Å²) in [5.74, 6) is -1.24. The Morgan fingerprint density at radius 2 is 1.97 bits per heavy atom. The molecule has 1 aliphatic rings. The molecule has 1 N–H and O–H groups in total. The van der Waals surface area contributed by atoms with Crippen molar-refractivity contribution in [1.82, 2.24) is 14.7 Å². The minimum atomic E-state index is -0.934. The van der Waals surface area contributed by atoms with Gasteiger partial charge in [0.15, 0.2) is 0 Å². The fourth-order valence-corrected chi connectivity index (χ4v) is 4.72. The number of thioether (sulfide) groups is 1. The van der Waals surface area contributed by atoms with Crippen LogP contribution in [0.25, 0.3) is 23.0 Å². The molecule has 0 aliphatic carbocycles. The molecule has 2 aromatic carbocycles. The fraction of sp³-hybridized carbons (Fsp3) is 0.130. The number of nitro benzene ring substituents is 1. The Balaban J connectivity index is 1.73. The number of nitrogens with zero attached hydrogens (tertiary/aromatic N) is 4. The van der Waals surface area contributed by atoms with Gasteiger partial charge in [-0.1, -0.05) is 54.3 Å². The second-order valence-electron chi connectivity index (χ2n) is 7.35. The lowest BCUT2D eigenvalue weighted by Gasteiger charge is -2.13. The summed E-state index contributed by atoms with van der Waals surface area (Å²) in [7, 11) is 0. The van der Waals surface area contributed by atoms with Crippen molar-refractivity contribution < 1.29 is 19.6 Å². The molecule has 0 spiro atoms. The third-order valence-corrected chi connectivity index (χ3v) is 6.40. The highest BCUT2D eigenvalue weighted by Crippen LogP contribution is 2.35. The predicted octanol–water partition coefficient (Wildman–Crippen LogP) is 4.51. The van der Waals surface area contributed by atoms with E-state index in [-0.39, 0.29) is 24.6 Å². The number of para-hydroxylation sites is 1. The van der Waals surface area contributed by atoms with Crippen molar-refractivity contribution >= 4 is 51.9 Å². The van der Waals surface area contributed by atoms with Crippen LogP contribution >= 0.6 is 24.0 Å². The summed E-state index contributed by atoms with van der Waals surface area (Å²) in [6, 6.07) is 15.5. The number of aromatic nitrogens is 2.